The van der Waals surface area contributed by atoms with E-state index in [1.807, 2.05) is 0 Å². The molecule has 4 heteroatoms. The Morgan fingerprint density at radius 3 is 2.50 bits per heavy atom. The second kappa shape index (κ2) is 7.43. The van der Waals surface area contributed by atoms with Crippen molar-refractivity contribution in [1.29, 1.82) is 0 Å². The Kier molecular flexibility index (Phi) is 6.57. The van der Waals surface area contributed by atoms with Crippen molar-refractivity contribution in [1.82, 2.24) is 10.2 Å². The number of hydrogen-bond acceptors (Lipinski definition) is 4. The molecule has 0 bridgehead atoms. The largest absolute Gasteiger partial charge is 0.393 e. The summed E-state index contributed by atoms with van der Waals surface area (Å²) in [5.41, 5.74) is -1.00. The molecule has 4 nitrogen and oxygen atoms in total. The molecule has 2 atom stereocenters. The van der Waals surface area contributed by atoms with Gasteiger partial charge >= 0.3 is 0 Å². The average molecular weight is 258 g/mol. The predicted molar refractivity (Wildman–Crippen MR) is 74.6 cm³/mol. The molecule has 1 aliphatic rings. The van der Waals surface area contributed by atoms with Crippen LogP contribution >= 0.6 is 0 Å². The van der Waals surface area contributed by atoms with Gasteiger partial charge < -0.3 is 20.4 Å². The summed E-state index contributed by atoms with van der Waals surface area (Å²) in [6.07, 6.45) is 3.70. The second-order valence-corrected chi connectivity index (χ2v) is 6.00. The molecule has 108 valence electrons. The minimum Gasteiger partial charge on any atom is -0.393 e. The molecule has 0 aromatic rings. The smallest absolute Gasteiger partial charge is 0.0972 e. The lowest BCUT2D eigenvalue weighted by Gasteiger charge is -2.36. The maximum Gasteiger partial charge on any atom is 0.0972 e. The van der Waals surface area contributed by atoms with E-state index >= 15 is 0 Å². The molecule has 1 heterocycles. The Morgan fingerprint density at radius 2 is 2.00 bits per heavy atom. The predicted octanol–water partition coefficient (Wildman–Crippen LogP) is 0.830. The van der Waals surface area contributed by atoms with Gasteiger partial charge in [0.05, 0.1) is 12.2 Å². The summed E-state index contributed by atoms with van der Waals surface area (Å²) in [6.45, 7) is 9.95. The van der Waals surface area contributed by atoms with E-state index in [0.717, 1.165) is 0 Å². The number of hydrogen-bond donors (Lipinski definition) is 3. The van der Waals surface area contributed by atoms with Crippen molar-refractivity contribution in [2.75, 3.05) is 32.8 Å². The van der Waals surface area contributed by atoms with Crippen LogP contribution in [0.1, 0.15) is 40.0 Å². The lowest BCUT2D eigenvalue weighted by Crippen LogP contribution is -2.48. The third-order valence-electron chi connectivity index (χ3n) is 4.02. The van der Waals surface area contributed by atoms with Crippen LogP contribution in [0.3, 0.4) is 0 Å². The number of aliphatic hydroxyl groups is 2. The number of rotatable bonds is 7. The van der Waals surface area contributed by atoms with Gasteiger partial charge in [-0.3, -0.25) is 0 Å². The van der Waals surface area contributed by atoms with Crippen molar-refractivity contribution in [2.24, 2.45) is 5.92 Å². The summed E-state index contributed by atoms with van der Waals surface area (Å²) in [5.74, 6) is 0.688. The van der Waals surface area contributed by atoms with Crippen LogP contribution in [0.15, 0.2) is 0 Å². The van der Waals surface area contributed by atoms with Crippen molar-refractivity contribution >= 4 is 0 Å². The quantitative estimate of drug-likeness (QED) is 0.633. The van der Waals surface area contributed by atoms with Gasteiger partial charge in [0.2, 0.25) is 0 Å². The SMILES string of the molecule is CCCN1CCC(C(C)NCC(C)(O)CO)CC1. The molecule has 18 heavy (non-hydrogen) atoms. The summed E-state index contributed by atoms with van der Waals surface area (Å²) < 4.78 is 0. The van der Waals surface area contributed by atoms with Gasteiger partial charge in [0.25, 0.3) is 0 Å². The Morgan fingerprint density at radius 1 is 1.39 bits per heavy atom. The molecule has 0 aromatic heterocycles. The summed E-state index contributed by atoms with van der Waals surface area (Å²) in [6, 6.07) is 0.409. The molecule has 0 aliphatic carbocycles. The van der Waals surface area contributed by atoms with E-state index in [1.165, 1.54) is 38.9 Å². The molecule has 1 saturated heterocycles. The van der Waals surface area contributed by atoms with Crippen LogP contribution in [0.4, 0.5) is 0 Å². The van der Waals surface area contributed by atoms with Crippen LogP contribution in [-0.2, 0) is 0 Å². The van der Waals surface area contributed by atoms with Crippen LogP contribution in [-0.4, -0.2) is 59.5 Å². The maximum atomic E-state index is 9.76. The van der Waals surface area contributed by atoms with Crippen molar-refractivity contribution in [3.05, 3.63) is 0 Å². The minimum absolute atomic E-state index is 0.193. The van der Waals surface area contributed by atoms with Gasteiger partial charge in [-0.15, -0.1) is 0 Å². The standard InChI is InChI=1S/C14H30N2O2/c1-4-7-16-8-5-13(6-9-16)12(2)15-10-14(3,18)11-17/h12-13,15,17-18H,4-11H2,1-3H3. The van der Waals surface area contributed by atoms with Gasteiger partial charge in [-0.05, 0) is 58.7 Å². The van der Waals surface area contributed by atoms with Gasteiger partial charge in [0, 0.05) is 12.6 Å². The molecule has 3 N–H and O–H groups in total. The van der Waals surface area contributed by atoms with Gasteiger partial charge in [-0.1, -0.05) is 6.92 Å². The van der Waals surface area contributed by atoms with Crippen molar-refractivity contribution < 1.29 is 10.2 Å². The zero-order valence-electron chi connectivity index (χ0n) is 12.2. The normalized spacial score (nSPS) is 23.8. The first kappa shape index (κ1) is 15.9. The van der Waals surface area contributed by atoms with Crippen LogP contribution in [0.5, 0.6) is 0 Å². The first-order chi connectivity index (χ1) is 8.48. The van der Waals surface area contributed by atoms with E-state index in [4.69, 9.17) is 5.11 Å². The van der Waals surface area contributed by atoms with Crippen LogP contribution in [0.25, 0.3) is 0 Å². The summed E-state index contributed by atoms with van der Waals surface area (Å²) in [5, 5.41) is 22.1. The Balaban J connectivity index is 2.25. The first-order valence-electron chi connectivity index (χ1n) is 7.27. The molecule has 0 radical (unpaired) electrons. The highest BCUT2D eigenvalue weighted by molar-refractivity contribution is 4.82. The van der Waals surface area contributed by atoms with Crippen LogP contribution in [0.2, 0.25) is 0 Å². The molecule has 1 rings (SSSR count). The highest BCUT2D eigenvalue weighted by Crippen LogP contribution is 2.21. The van der Waals surface area contributed by atoms with E-state index in [-0.39, 0.29) is 6.61 Å². The van der Waals surface area contributed by atoms with Crippen molar-refractivity contribution in [2.45, 2.75) is 51.7 Å². The minimum atomic E-state index is -1.00. The van der Waals surface area contributed by atoms with Crippen LogP contribution in [0, 0.1) is 5.92 Å². The fourth-order valence-electron chi connectivity index (χ4n) is 2.60. The molecule has 0 aromatic carbocycles. The van der Waals surface area contributed by atoms with Crippen LogP contribution < -0.4 is 5.32 Å². The van der Waals surface area contributed by atoms with E-state index < -0.39 is 5.60 Å². The fourth-order valence-corrected chi connectivity index (χ4v) is 2.60. The molecule has 0 amide bonds. The molecule has 0 saturated carbocycles. The first-order valence-corrected chi connectivity index (χ1v) is 7.27. The molecular formula is C14H30N2O2. The number of aliphatic hydroxyl groups excluding tert-OH is 1. The molecule has 1 fully saturated rings. The second-order valence-electron chi connectivity index (χ2n) is 6.00. The highest BCUT2D eigenvalue weighted by Gasteiger charge is 2.25. The third kappa shape index (κ3) is 5.22. The zero-order chi connectivity index (χ0) is 13.6. The zero-order valence-corrected chi connectivity index (χ0v) is 12.2. The number of nitrogens with one attached hydrogen (secondary N) is 1. The Bertz CT molecular complexity index is 226. The summed E-state index contributed by atoms with van der Waals surface area (Å²) >= 11 is 0. The average Bonchev–Trinajstić information content (AvgIpc) is 2.37. The summed E-state index contributed by atoms with van der Waals surface area (Å²) in [7, 11) is 0. The monoisotopic (exact) mass is 258 g/mol. The van der Waals surface area contributed by atoms with Gasteiger partial charge in [-0.2, -0.15) is 0 Å². The lowest BCUT2D eigenvalue weighted by atomic mass is 9.90. The highest BCUT2D eigenvalue weighted by atomic mass is 16.3. The lowest BCUT2D eigenvalue weighted by molar-refractivity contribution is -0.00120. The Labute approximate surface area is 111 Å². The Hall–Kier alpha value is -0.160. The molecular weight excluding hydrogens is 228 g/mol. The summed E-state index contributed by atoms with van der Waals surface area (Å²) in [4.78, 5) is 2.53. The fraction of sp³-hybridized carbons (Fsp3) is 1.00. The molecule has 2 unspecified atom stereocenters. The van der Waals surface area contributed by atoms with E-state index in [2.05, 4.69) is 24.1 Å². The van der Waals surface area contributed by atoms with Crippen molar-refractivity contribution in [3.63, 3.8) is 0 Å². The number of likely N-dealkylation sites (tertiary alicyclic amines) is 1. The maximum absolute atomic E-state index is 9.76. The number of nitrogens with zero attached hydrogens (tertiary/aromatic N) is 1. The number of piperidine rings is 1. The van der Waals surface area contributed by atoms with E-state index in [0.29, 0.717) is 18.5 Å². The van der Waals surface area contributed by atoms with Gasteiger partial charge in [0.15, 0.2) is 0 Å². The van der Waals surface area contributed by atoms with E-state index in [1.54, 1.807) is 6.92 Å². The van der Waals surface area contributed by atoms with E-state index in [9.17, 15) is 5.11 Å². The van der Waals surface area contributed by atoms with Crippen molar-refractivity contribution in [3.8, 4) is 0 Å². The molecule has 1 aliphatic heterocycles. The topological polar surface area (TPSA) is 55.7 Å². The third-order valence-corrected chi connectivity index (χ3v) is 4.02. The van der Waals surface area contributed by atoms with Gasteiger partial charge in [-0.25, -0.2) is 0 Å². The van der Waals surface area contributed by atoms with Gasteiger partial charge in [0.1, 0.15) is 0 Å². The molecule has 0 spiro atoms.